The summed E-state index contributed by atoms with van der Waals surface area (Å²) in [5.41, 5.74) is 5.41. The Bertz CT molecular complexity index is 432. The van der Waals surface area contributed by atoms with Gasteiger partial charge in [-0.3, -0.25) is 4.79 Å². The Kier molecular flexibility index (Phi) is 5.94. The van der Waals surface area contributed by atoms with Crippen LogP contribution in [-0.2, 0) is 11.3 Å². The number of carboxylic acids is 1. The van der Waals surface area contributed by atoms with Crippen molar-refractivity contribution in [2.24, 2.45) is 11.7 Å². The summed E-state index contributed by atoms with van der Waals surface area (Å²) in [6.07, 6.45) is 2.98. The first-order chi connectivity index (χ1) is 9.08. The van der Waals surface area contributed by atoms with Crippen LogP contribution in [0.1, 0.15) is 30.3 Å². The van der Waals surface area contributed by atoms with Gasteiger partial charge >= 0.3 is 5.97 Å². The molecule has 106 valence electrons. The lowest BCUT2D eigenvalue weighted by atomic mass is 10.0. The number of hydrogen-bond donors (Lipinski definition) is 3. The Morgan fingerprint density at radius 3 is 2.84 bits per heavy atom. The third-order valence-corrected chi connectivity index (χ3v) is 2.69. The van der Waals surface area contributed by atoms with Crippen LogP contribution in [-0.4, -0.2) is 45.1 Å². The summed E-state index contributed by atoms with van der Waals surface area (Å²) in [5.74, 6) is -1.38. The van der Waals surface area contributed by atoms with Gasteiger partial charge in [0.2, 0.25) is 5.91 Å². The van der Waals surface area contributed by atoms with E-state index in [1.54, 1.807) is 0 Å². The van der Waals surface area contributed by atoms with E-state index in [-0.39, 0.29) is 17.5 Å². The van der Waals surface area contributed by atoms with Crippen LogP contribution in [0.3, 0.4) is 0 Å². The average molecular weight is 269 g/mol. The summed E-state index contributed by atoms with van der Waals surface area (Å²) in [7, 11) is 0. The van der Waals surface area contributed by atoms with Gasteiger partial charge in [0.1, 0.15) is 0 Å². The van der Waals surface area contributed by atoms with Crippen LogP contribution in [0, 0.1) is 5.92 Å². The lowest BCUT2D eigenvalue weighted by Crippen LogP contribution is -2.36. The molecule has 0 saturated heterocycles. The Balaban J connectivity index is 2.36. The van der Waals surface area contributed by atoms with Crippen molar-refractivity contribution in [1.29, 1.82) is 0 Å². The van der Waals surface area contributed by atoms with Gasteiger partial charge in [0.15, 0.2) is 5.69 Å². The molecule has 0 saturated carbocycles. The Labute approximate surface area is 111 Å². The van der Waals surface area contributed by atoms with Crippen molar-refractivity contribution in [2.75, 3.05) is 13.1 Å². The molecule has 1 unspecified atom stereocenters. The van der Waals surface area contributed by atoms with Crippen molar-refractivity contribution in [3.63, 3.8) is 0 Å². The van der Waals surface area contributed by atoms with Crippen molar-refractivity contribution in [2.45, 2.75) is 26.3 Å². The second-order valence-electron chi connectivity index (χ2n) is 4.18. The Morgan fingerprint density at radius 2 is 2.32 bits per heavy atom. The zero-order valence-corrected chi connectivity index (χ0v) is 10.9. The minimum Gasteiger partial charge on any atom is -0.476 e. The molecule has 19 heavy (non-hydrogen) atoms. The lowest BCUT2D eigenvalue weighted by Gasteiger charge is -2.13. The van der Waals surface area contributed by atoms with Crippen molar-refractivity contribution < 1.29 is 14.7 Å². The van der Waals surface area contributed by atoms with Crippen molar-refractivity contribution in [1.82, 2.24) is 20.3 Å². The molecule has 8 heteroatoms. The molecule has 8 nitrogen and oxygen atoms in total. The number of carbonyl (C=O) groups is 2. The van der Waals surface area contributed by atoms with Crippen LogP contribution in [0.25, 0.3) is 0 Å². The van der Waals surface area contributed by atoms with Crippen LogP contribution in [0.2, 0.25) is 0 Å². The molecule has 1 aromatic heterocycles. The van der Waals surface area contributed by atoms with Gasteiger partial charge in [-0.2, -0.15) is 0 Å². The summed E-state index contributed by atoms with van der Waals surface area (Å²) in [6, 6.07) is 0. The number of rotatable bonds is 8. The van der Waals surface area contributed by atoms with Crippen LogP contribution in [0.4, 0.5) is 0 Å². The fourth-order valence-electron chi connectivity index (χ4n) is 1.65. The molecule has 1 amide bonds. The Hall–Kier alpha value is -1.96. The molecule has 1 rings (SSSR count). The molecule has 0 radical (unpaired) electrons. The fourth-order valence-corrected chi connectivity index (χ4v) is 1.65. The SMILES string of the molecule is CCCC(CN)C(=O)NCCn1cc(C(=O)O)nn1. The maximum absolute atomic E-state index is 11.7. The predicted molar refractivity (Wildman–Crippen MR) is 67.4 cm³/mol. The highest BCUT2D eigenvalue weighted by molar-refractivity contribution is 5.84. The molecule has 0 bridgehead atoms. The minimum absolute atomic E-state index is 0.0806. The number of nitrogens with one attached hydrogen (secondary N) is 1. The largest absolute Gasteiger partial charge is 0.476 e. The number of carbonyl (C=O) groups excluding carboxylic acids is 1. The van der Waals surface area contributed by atoms with E-state index < -0.39 is 5.97 Å². The molecule has 0 aliphatic rings. The molecular formula is C11H19N5O3. The van der Waals surface area contributed by atoms with Gasteiger partial charge in [-0.25, -0.2) is 9.48 Å². The van der Waals surface area contributed by atoms with Crippen molar-refractivity contribution in [3.8, 4) is 0 Å². The zero-order valence-electron chi connectivity index (χ0n) is 10.9. The average Bonchev–Trinajstić information content (AvgIpc) is 2.84. The second-order valence-corrected chi connectivity index (χ2v) is 4.18. The molecule has 1 aromatic rings. The monoisotopic (exact) mass is 269 g/mol. The summed E-state index contributed by atoms with van der Waals surface area (Å²) in [5, 5.41) is 18.5. The van der Waals surface area contributed by atoms with Crippen molar-refractivity contribution in [3.05, 3.63) is 11.9 Å². The summed E-state index contributed by atoms with van der Waals surface area (Å²) in [4.78, 5) is 22.3. The number of amides is 1. The molecule has 1 heterocycles. The van der Waals surface area contributed by atoms with Crippen molar-refractivity contribution >= 4 is 11.9 Å². The molecule has 0 aliphatic carbocycles. The van der Waals surface area contributed by atoms with Gasteiger partial charge < -0.3 is 16.2 Å². The first kappa shape index (κ1) is 15.1. The maximum atomic E-state index is 11.7. The number of nitrogens with zero attached hydrogens (tertiary/aromatic N) is 3. The molecule has 0 spiro atoms. The summed E-state index contributed by atoms with van der Waals surface area (Å²) < 4.78 is 1.38. The number of aromatic carboxylic acids is 1. The first-order valence-corrected chi connectivity index (χ1v) is 6.19. The summed E-state index contributed by atoms with van der Waals surface area (Å²) >= 11 is 0. The number of carboxylic acid groups (broad SMARTS) is 1. The van der Waals surface area contributed by atoms with Gasteiger partial charge in [-0.05, 0) is 6.42 Å². The van der Waals surface area contributed by atoms with Crippen LogP contribution in [0.15, 0.2) is 6.20 Å². The Morgan fingerprint density at radius 1 is 1.58 bits per heavy atom. The standard InChI is InChI=1S/C11H19N5O3/c1-2-3-8(6-12)10(17)13-4-5-16-7-9(11(18)19)14-15-16/h7-8H,2-6,12H2,1H3,(H,13,17)(H,18,19). The van der Waals surface area contributed by atoms with E-state index in [1.807, 2.05) is 6.92 Å². The normalized spacial score (nSPS) is 12.1. The second kappa shape index (κ2) is 7.47. The van der Waals surface area contributed by atoms with Gasteiger partial charge in [0, 0.05) is 13.1 Å². The highest BCUT2D eigenvalue weighted by atomic mass is 16.4. The number of hydrogen-bond acceptors (Lipinski definition) is 5. The molecule has 0 aliphatic heterocycles. The van der Waals surface area contributed by atoms with Gasteiger partial charge in [-0.15, -0.1) is 5.10 Å². The molecule has 0 aromatic carbocycles. The van der Waals surface area contributed by atoms with Crippen LogP contribution in [0.5, 0.6) is 0 Å². The van der Waals surface area contributed by atoms with E-state index >= 15 is 0 Å². The van der Waals surface area contributed by atoms with Crippen LogP contribution < -0.4 is 11.1 Å². The van der Waals surface area contributed by atoms with E-state index in [0.29, 0.717) is 19.6 Å². The molecule has 1 atom stereocenters. The van der Waals surface area contributed by atoms with Crippen LogP contribution >= 0.6 is 0 Å². The highest BCUT2D eigenvalue weighted by Crippen LogP contribution is 2.03. The van der Waals surface area contributed by atoms with Gasteiger partial charge in [-0.1, -0.05) is 18.6 Å². The number of nitrogens with two attached hydrogens (primary N) is 1. The summed E-state index contributed by atoms with van der Waals surface area (Å²) in [6.45, 7) is 3.06. The third kappa shape index (κ3) is 4.66. The molecular weight excluding hydrogens is 250 g/mol. The fraction of sp³-hybridized carbons (Fsp3) is 0.636. The third-order valence-electron chi connectivity index (χ3n) is 2.69. The van der Waals surface area contributed by atoms with E-state index in [0.717, 1.165) is 12.8 Å². The quantitative estimate of drug-likeness (QED) is 0.583. The smallest absolute Gasteiger partial charge is 0.358 e. The minimum atomic E-state index is -1.12. The predicted octanol–water partition coefficient (Wildman–Crippen LogP) is -0.532. The van der Waals surface area contributed by atoms with E-state index in [4.69, 9.17) is 10.8 Å². The molecule has 4 N–H and O–H groups in total. The molecule has 0 fully saturated rings. The lowest BCUT2D eigenvalue weighted by molar-refractivity contribution is -0.124. The van der Waals surface area contributed by atoms with Gasteiger partial charge in [0.05, 0.1) is 18.7 Å². The topological polar surface area (TPSA) is 123 Å². The van der Waals surface area contributed by atoms with E-state index in [2.05, 4.69) is 15.6 Å². The maximum Gasteiger partial charge on any atom is 0.358 e. The zero-order chi connectivity index (χ0) is 14.3. The van der Waals surface area contributed by atoms with Gasteiger partial charge in [0.25, 0.3) is 0 Å². The highest BCUT2D eigenvalue weighted by Gasteiger charge is 2.15. The van der Waals surface area contributed by atoms with E-state index in [9.17, 15) is 9.59 Å². The first-order valence-electron chi connectivity index (χ1n) is 6.19. The number of aromatic nitrogens is 3. The van der Waals surface area contributed by atoms with E-state index in [1.165, 1.54) is 10.9 Å².